The van der Waals surface area contributed by atoms with Gasteiger partial charge in [-0.3, -0.25) is 19.4 Å². The number of esters is 1. The van der Waals surface area contributed by atoms with Gasteiger partial charge in [-0.2, -0.15) is 0 Å². The molecule has 2 aromatic carbocycles. The van der Waals surface area contributed by atoms with E-state index in [1.54, 1.807) is 0 Å². The molecule has 0 aliphatic rings. The molecule has 1 heterocycles. The summed E-state index contributed by atoms with van der Waals surface area (Å²) in [6, 6.07) is 14.0. The minimum absolute atomic E-state index is 0.0868. The topological polar surface area (TPSA) is 127 Å². The molecule has 3 rings (SSSR count). The van der Waals surface area contributed by atoms with Gasteiger partial charge < -0.3 is 15.8 Å². The molecule has 0 aliphatic carbocycles. The predicted octanol–water partition coefficient (Wildman–Crippen LogP) is 2.58. The van der Waals surface area contributed by atoms with E-state index in [2.05, 4.69) is 15.3 Å². The number of nitrogens with one attached hydrogen (secondary N) is 2. The molecule has 0 bridgehead atoms. The minimum Gasteiger partial charge on any atom is -0.460 e. The summed E-state index contributed by atoms with van der Waals surface area (Å²) in [5.74, 6) is -1.92. The lowest BCUT2D eigenvalue weighted by Gasteiger charge is -2.09. The Balaban J connectivity index is 1.58. The standard InChI is InChI=1S/C20H17FN4O4S/c21-14-8-6-13(7-9-14)18(27)23-16-17(22)24-20(25-19(16)28)30-11-15(26)29-10-12-4-2-1-3-5-12/h1-9H,10-11H2,(H,23,27)(H3,22,24,25,28). The number of aromatic amines is 1. The molecule has 0 saturated heterocycles. The van der Waals surface area contributed by atoms with Crippen molar-refractivity contribution in [1.82, 2.24) is 9.97 Å². The molecule has 30 heavy (non-hydrogen) atoms. The number of hydrogen-bond donors (Lipinski definition) is 3. The van der Waals surface area contributed by atoms with Gasteiger partial charge in [-0.25, -0.2) is 9.37 Å². The third-order valence-electron chi connectivity index (χ3n) is 3.84. The Morgan fingerprint density at radius 3 is 2.50 bits per heavy atom. The number of aromatic nitrogens is 2. The third-order valence-corrected chi connectivity index (χ3v) is 4.69. The first-order valence-corrected chi connectivity index (χ1v) is 9.70. The number of amides is 1. The second-order valence-electron chi connectivity index (χ2n) is 6.03. The van der Waals surface area contributed by atoms with Gasteiger partial charge in [-0.1, -0.05) is 42.1 Å². The Labute approximate surface area is 174 Å². The maximum Gasteiger partial charge on any atom is 0.316 e. The van der Waals surface area contributed by atoms with Gasteiger partial charge in [0.25, 0.3) is 11.5 Å². The number of carbonyl (C=O) groups excluding carboxylic acids is 2. The van der Waals surface area contributed by atoms with Crippen LogP contribution in [0.15, 0.2) is 64.5 Å². The molecule has 0 fully saturated rings. The number of ether oxygens (including phenoxy) is 1. The summed E-state index contributed by atoms with van der Waals surface area (Å²) >= 11 is 0.942. The summed E-state index contributed by atoms with van der Waals surface area (Å²) in [5, 5.41) is 2.46. The van der Waals surface area contributed by atoms with E-state index in [4.69, 9.17) is 10.5 Å². The Hall–Kier alpha value is -3.66. The number of halogens is 1. The molecular weight excluding hydrogens is 411 g/mol. The number of nitrogen functional groups attached to an aromatic ring is 1. The Morgan fingerprint density at radius 2 is 1.83 bits per heavy atom. The number of hydrogen-bond acceptors (Lipinski definition) is 7. The van der Waals surface area contributed by atoms with E-state index in [0.29, 0.717) is 0 Å². The number of H-pyrrole nitrogens is 1. The lowest BCUT2D eigenvalue weighted by molar-refractivity contribution is -0.141. The maximum atomic E-state index is 13.0. The Bertz CT molecular complexity index is 1100. The molecular formula is C20H17FN4O4S. The Kier molecular flexibility index (Phi) is 6.81. The van der Waals surface area contributed by atoms with Crippen LogP contribution in [0.2, 0.25) is 0 Å². The van der Waals surface area contributed by atoms with Crippen molar-refractivity contribution in [3.63, 3.8) is 0 Å². The van der Waals surface area contributed by atoms with Gasteiger partial charge in [0.05, 0.1) is 5.75 Å². The maximum absolute atomic E-state index is 13.0. The highest BCUT2D eigenvalue weighted by Crippen LogP contribution is 2.18. The molecule has 3 aromatic rings. The van der Waals surface area contributed by atoms with Gasteiger partial charge in [0.2, 0.25) is 0 Å². The van der Waals surface area contributed by atoms with Crippen LogP contribution in [0.1, 0.15) is 15.9 Å². The minimum atomic E-state index is -0.682. The summed E-state index contributed by atoms with van der Waals surface area (Å²) in [4.78, 5) is 42.7. The molecule has 10 heteroatoms. The van der Waals surface area contributed by atoms with E-state index in [1.165, 1.54) is 12.1 Å². The smallest absolute Gasteiger partial charge is 0.316 e. The van der Waals surface area contributed by atoms with E-state index < -0.39 is 23.3 Å². The van der Waals surface area contributed by atoms with Crippen molar-refractivity contribution >= 4 is 35.1 Å². The fraction of sp³-hybridized carbons (Fsp3) is 0.100. The Morgan fingerprint density at radius 1 is 1.13 bits per heavy atom. The third kappa shape index (κ3) is 5.67. The largest absolute Gasteiger partial charge is 0.460 e. The van der Waals surface area contributed by atoms with Crippen LogP contribution in [0, 0.1) is 5.82 Å². The highest BCUT2D eigenvalue weighted by molar-refractivity contribution is 7.99. The highest BCUT2D eigenvalue weighted by Gasteiger charge is 2.15. The molecule has 1 amide bonds. The average Bonchev–Trinajstić information content (AvgIpc) is 2.74. The second-order valence-corrected chi connectivity index (χ2v) is 6.99. The summed E-state index contributed by atoms with van der Waals surface area (Å²) in [6.07, 6.45) is 0. The second kappa shape index (κ2) is 9.70. The molecule has 154 valence electrons. The van der Waals surface area contributed by atoms with Crippen molar-refractivity contribution in [2.75, 3.05) is 16.8 Å². The zero-order valence-electron chi connectivity index (χ0n) is 15.6. The number of benzene rings is 2. The number of rotatable bonds is 7. The van der Waals surface area contributed by atoms with Gasteiger partial charge in [-0.15, -0.1) is 0 Å². The molecule has 8 nitrogen and oxygen atoms in total. The lowest BCUT2D eigenvalue weighted by atomic mass is 10.2. The summed E-state index contributed by atoms with van der Waals surface area (Å²) in [5.41, 5.74) is 5.86. The van der Waals surface area contributed by atoms with E-state index in [1.807, 2.05) is 30.3 Å². The van der Waals surface area contributed by atoms with Gasteiger partial charge in [0.1, 0.15) is 18.1 Å². The quantitative estimate of drug-likeness (QED) is 0.300. The number of nitrogens with two attached hydrogens (primary N) is 1. The van der Waals surface area contributed by atoms with Gasteiger partial charge in [0.15, 0.2) is 11.0 Å². The van der Waals surface area contributed by atoms with Crippen LogP contribution in [0.4, 0.5) is 15.9 Å². The van der Waals surface area contributed by atoms with Crippen molar-refractivity contribution in [2.45, 2.75) is 11.8 Å². The van der Waals surface area contributed by atoms with Gasteiger partial charge in [-0.05, 0) is 29.8 Å². The number of carbonyl (C=O) groups is 2. The summed E-state index contributed by atoms with van der Waals surface area (Å²) in [6.45, 7) is 0.140. The van der Waals surface area contributed by atoms with Crippen molar-refractivity contribution in [1.29, 1.82) is 0 Å². The zero-order chi connectivity index (χ0) is 21.5. The number of anilines is 2. The SMILES string of the molecule is Nc1nc(SCC(=O)OCc2ccccc2)[nH]c(=O)c1NC(=O)c1ccc(F)cc1. The van der Waals surface area contributed by atoms with Crippen molar-refractivity contribution in [3.05, 3.63) is 81.9 Å². The zero-order valence-corrected chi connectivity index (χ0v) is 16.4. The van der Waals surface area contributed by atoms with Crippen LogP contribution in [-0.2, 0) is 16.1 Å². The van der Waals surface area contributed by atoms with E-state index in [0.717, 1.165) is 29.5 Å². The van der Waals surface area contributed by atoms with Crippen molar-refractivity contribution < 1.29 is 18.7 Å². The van der Waals surface area contributed by atoms with E-state index in [9.17, 15) is 18.8 Å². The monoisotopic (exact) mass is 428 g/mol. The molecule has 0 aliphatic heterocycles. The molecule has 0 radical (unpaired) electrons. The number of nitrogens with zero attached hydrogens (tertiary/aromatic N) is 1. The first-order valence-electron chi connectivity index (χ1n) is 8.71. The van der Waals surface area contributed by atoms with Crippen LogP contribution in [-0.4, -0.2) is 27.6 Å². The molecule has 0 saturated carbocycles. The van der Waals surface area contributed by atoms with Gasteiger partial charge in [0, 0.05) is 5.56 Å². The van der Waals surface area contributed by atoms with Gasteiger partial charge >= 0.3 is 5.97 Å². The first kappa shape index (κ1) is 21.1. The normalized spacial score (nSPS) is 10.4. The molecule has 0 atom stereocenters. The van der Waals surface area contributed by atoms with Crippen LogP contribution >= 0.6 is 11.8 Å². The highest BCUT2D eigenvalue weighted by atomic mass is 32.2. The fourth-order valence-electron chi connectivity index (χ4n) is 2.35. The van der Waals surface area contributed by atoms with Crippen molar-refractivity contribution in [3.8, 4) is 0 Å². The van der Waals surface area contributed by atoms with Crippen LogP contribution < -0.4 is 16.6 Å². The van der Waals surface area contributed by atoms with Crippen LogP contribution in [0.3, 0.4) is 0 Å². The van der Waals surface area contributed by atoms with E-state index in [-0.39, 0.29) is 34.6 Å². The van der Waals surface area contributed by atoms with Crippen molar-refractivity contribution in [2.24, 2.45) is 0 Å². The molecule has 4 N–H and O–H groups in total. The van der Waals surface area contributed by atoms with Crippen LogP contribution in [0.5, 0.6) is 0 Å². The van der Waals surface area contributed by atoms with E-state index >= 15 is 0 Å². The summed E-state index contributed by atoms with van der Waals surface area (Å²) < 4.78 is 18.1. The average molecular weight is 428 g/mol. The summed E-state index contributed by atoms with van der Waals surface area (Å²) in [7, 11) is 0. The lowest BCUT2D eigenvalue weighted by Crippen LogP contribution is -2.23. The molecule has 0 unspecified atom stereocenters. The number of thioether (sulfide) groups is 1. The first-order chi connectivity index (χ1) is 14.4. The predicted molar refractivity (Wildman–Crippen MR) is 111 cm³/mol. The van der Waals surface area contributed by atoms with Crippen LogP contribution in [0.25, 0.3) is 0 Å². The molecule has 1 aromatic heterocycles. The fourth-order valence-corrected chi connectivity index (χ4v) is 3.02. The molecule has 0 spiro atoms.